The molecule has 1 atom stereocenters. The Labute approximate surface area is 126 Å². The number of hydrogen-bond acceptors (Lipinski definition) is 2. The van der Waals surface area contributed by atoms with Gasteiger partial charge >= 0.3 is 0 Å². The highest BCUT2D eigenvalue weighted by molar-refractivity contribution is 9.10. The molecule has 0 amide bonds. The number of rotatable bonds is 2. The van der Waals surface area contributed by atoms with Gasteiger partial charge < -0.3 is 4.98 Å². The molecule has 0 spiro atoms. The summed E-state index contributed by atoms with van der Waals surface area (Å²) in [5.41, 5.74) is 3.43. The summed E-state index contributed by atoms with van der Waals surface area (Å²) >= 11 is 3.35. The van der Waals surface area contributed by atoms with E-state index in [0.29, 0.717) is 4.47 Å². The predicted molar refractivity (Wildman–Crippen MR) is 83.3 cm³/mol. The summed E-state index contributed by atoms with van der Waals surface area (Å²) in [4.78, 5) is 19.7. The van der Waals surface area contributed by atoms with Crippen LogP contribution in [-0.2, 0) is 6.42 Å². The fourth-order valence-electron chi connectivity index (χ4n) is 2.88. The average Bonchev–Trinajstić information content (AvgIpc) is 2.85. The van der Waals surface area contributed by atoms with Crippen LogP contribution in [0, 0.1) is 0 Å². The lowest BCUT2D eigenvalue weighted by Gasteiger charge is -2.14. The van der Waals surface area contributed by atoms with Crippen LogP contribution in [0.15, 0.2) is 33.5 Å². The minimum atomic E-state index is -0.0805. The molecule has 2 aromatic rings. The number of hydrogen-bond donors (Lipinski definition) is 1. The highest BCUT2D eigenvalue weighted by atomic mass is 79.9. The van der Waals surface area contributed by atoms with Crippen LogP contribution >= 0.6 is 15.9 Å². The fourth-order valence-corrected chi connectivity index (χ4v) is 3.53. The van der Waals surface area contributed by atoms with Crippen molar-refractivity contribution < 1.29 is 0 Å². The molecule has 3 rings (SSSR count). The van der Waals surface area contributed by atoms with Crippen molar-refractivity contribution in [2.75, 3.05) is 0 Å². The van der Waals surface area contributed by atoms with Gasteiger partial charge in [-0.3, -0.25) is 4.79 Å². The van der Waals surface area contributed by atoms with E-state index < -0.39 is 0 Å². The van der Waals surface area contributed by atoms with Gasteiger partial charge in [0, 0.05) is 5.92 Å². The average molecular weight is 333 g/mol. The van der Waals surface area contributed by atoms with Gasteiger partial charge in [-0.1, -0.05) is 38.1 Å². The third-order valence-electron chi connectivity index (χ3n) is 3.92. The molecule has 0 saturated heterocycles. The second-order valence-electron chi connectivity index (χ2n) is 5.60. The zero-order chi connectivity index (χ0) is 14.3. The first-order chi connectivity index (χ1) is 9.58. The molecular formula is C16H17BrN2O. The SMILES string of the molecule is CC(C)c1nc(C2CCc3ccccc32)[nH]c(=O)c1Br. The summed E-state index contributed by atoms with van der Waals surface area (Å²) in [6, 6.07) is 8.43. The summed E-state index contributed by atoms with van der Waals surface area (Å²) in [5, 5.41) is 0. The molecule has 0 bridgehead atoms. The molecule has 1 N–H and O–H groups in total. The van der Waals surface area contributed by atoms with Crippen molar-refractivity contribution in [3.05, 3.63) is 61.7 Å². The molecule has 1 aromatic carbocycles. The first-order valence-electron chi connectivity index (χ1n) is 6.95. The van der Waals surface area contributed by atoms with Crippen LogP contribution in [0.2, 0.25) is 0 Å². The molecule has 0 radical (unpaired) electrons. The van der Waals surface area contributed by atoms with Crippen molar-refractivity contribution in [3.63, 3.8) is 0 Å². The van der Waals surface area contributed by atoms with E-state index in [1.54, 1.807) is 0 Å². The van der Waals surface area contributed by atoms with Crippen LogP contribution in [0.3, 0.4) is 0 Å². The Kier molecular flexibility index (Phi) is 3.50. The monoisotopic (exact) mass is 332 g/mol. The van der Waals surface area contributed by atoms with E-state index in [9.17, 15) is 4.79 Å². The van der Waals surface area contributed by atoms with E-state index in [0.717, 1.165) is 24.4 Å². The number of halogens is 1. The molecule has 1 aromatic heterocycles. The normalized spacial score (nSPS) is 17.5. The number of aromatic amines is 1. The molecule has 104 valence electrons. The minimum Gasteiger partial charge on any atom is -0.309 e. The predicted octanol–water partition coefficient (Wildman–Crippen LogP) is 3.73. The number of aromatic nitrogens is 2. The second-order valence-corrected chi connectivity index (χ2v) is 6.39. The zero-order valence-electron chi connectivity index (χ0n) is 11.6. The van der Waals surface area contributed by atoms with Crippen molar-refractivity contribution in [2.24, 2.45) is 0 Å². The molecule has 1 aliphatic rings. The summed E-state index contributed by atoms with van der Waals surface area (Å²) in [6.45, 7) is 4.11. The number of H-pyrrole nitrogens is 1. The molecule has 3 nitrogen and oxygen atoms in total. The smallest absolute Gasteiger partial charge is 0.265 e. The van der Waals surface area contributed by atoms with Gasteiger partial charge in [-0.2, -0.15) is 0 Å². The molecular weight excluding hydrogens is 316 g/mol. The van der Waals surface area contributed by atoms with Gasteiger partial charge in [-0.25, -0.2) is 4.98 Å². The molecule has 1 aliphatic carbocycles. The minimum absolute atomic E-state index is 0.0805. The lowest BCUT2D eigenvalue weighted by Crippen LogP contribution is -2.18. The quantitative estimate of drug-likeness (QED) is 0.910. The number of fused-ring (bicyclic) bond motifs is 1. The van der Waals surface area contributed by atoms with Gasteiger partial charge in [0.1, 0.15) is 10.3 Å². The third-order valence-corrected chi connectivity index (χ3v) is 4.68. The lowest BCUT2D eigenvalue weighted by atomic mass is 10.00. The highest BCUT2D eigenvalue weighted by Gasteiger charge is 2.26. The maximum Gasteiger partial charge on any atom is 0.265 e. The summed E-state index contributed by atoms with van der Waals surface area (Å²) in [7, 11) is 0. The summed E-state index contributed by atoms with van der Waals surface area (Å²) < 4.78 is 0.558. The first-order valence-corrected chi connectivity index (χ1v) is 7.74. The Morgan fingerprint density at radius 2 is 2.10 bits per heavy atom. The lowest BCUT2D eigenvalue weighted by molar-refractivity contribution is 0.693. The molecule has 1 unspecified atom stereocenters. The summed E-state index contributed by atoms with van der Waals surface area (Å²) in [6.07, 6.45) is 2.07. The number of nitrogens with one attached hydrogen (secondary N) is 1. The van der Waals surface area contributed by atoms with Crippen molar-refractivity contribution in [3.8, 4) is 0 Å². The Morgan fingerprint density at radius 1 is 1.35 bits per heavy atom. The highest BCUT2D eigenvalue weighted by Crippen LogP contribution is 2.36. The molecule has 0 aliphatic heterocycles. The maximum absolute atomic E-state index is 12.1. The Hall–Kier alpha value is -1.42. The van der Waals surface area contributed by atoms with E-state index in [1.807, 2.05) is 0 Å². The van der Waals surface area contributed by atoms with E-state index in [2.05, 4.69) is 59.0 Å². The van der Waals surface area contributed by atoms with Gasteiger partial charge in [0.15, 0.2) is 0 Å². The van der Waals surface area contributed by atoms with E-state index in [-0.39, 0.29) is 17.4 Å². The largest absolute Gasteiger partial charge is 0.309 e. The number of nitrogens with zero attached hydrogens (tertiary/aromatic N) is 1. The van der Waals surface area contributed by atoms with Gasteiger partial charge in [-0.05, 0) is 45.8 Å². The van der Waals surface area contributed by atoms with Gasteiger partial charge in [0.25, 0.3) is 5.56 Å². The van der Waals surface area contributed by atoms with E-state index in [1.165, 1.54) is 11.1 Å². The van der Waals surface area contributed by atoms with Crippen molar-refractivity contribution in [2.45, 2.75) is 38.5 Å². The third kappa shape index (κ3) is 2.22. The van der Waals surface area contributed by atoms with E-state index >= 15 is 0 Å². The van der Waals surface area contributed by atoms with Gasteiger partial charge in [0.05, 0.1) is 5.69 Å². The van der Waals surface area contributed by atoms with Crippen LogP contribution in [0.1, 0.15) is 54.7 Å². The van der Waals surface area contributed by atoms with Gasteiger partial charge in [0.2, 0.25) is 0 Å². The van der Waals surface area contributed by atoms with Gasteiger partial charge in [-0.15, -0.1) is 0 Å². The van der Waals surface area contributed by atoms with Crippen molar-refractivity contribution in [1.29, 1.82) is 0 Å². The molecule has 20 heavy (non-hydrogen) atoms. The number of aryl methyl sites for hydroxylation is 1. The topological polar surface area (TPSA) is 45.8 Å². The Balaban J connectivity index is 2.11. The second kappa shape index (κ2) is 5.17. The van der Waals surface area contributed by atoms with E-state index in [4.69, 9.17) is 4.98 Å². The fraction of sp³-hybridized carbons (Fsp3) is 0.375. The van der Waals surface area contributed by atoms with Crippen molar-refractivity contribution >= 4 is 15.9 Å². The van der Waals surface area contributed by atoms with Crippen LogP contribution in [0.5, 0.6) is 0 Å². The first kappa shape index (κ1) is 13.6. The van der Waals surface area contributed by atoms with Crippen LogP contribution < -0.4 is 5.56 Å². The van der Waals surface area contributed by atoms with Crippen molar-refractivity contribution in [1.82, 2.24) is 9.97 Å². The van der Waals surface area contributed by atoms with Crippen LogP contribution in [0.4, 0.5) is 0 Å². The zero-order valence-corrected chi connectivity index (χ0v) is 13.2. The molecule has 0 fully saturated rings. The molecule has 0 saturated carbocycles. The molecule has 1 heterocycles. The number of benzene rings is 1. The van der Waals surface area contributed by atoms with Crippen LogP contribution in [-0.4, -0.2) is 9.97 Å². The Morgan fingerprint density at radius 3 is 2.85 bits per heavy atom. The van der Waals surface area contributed by atoms with Crippen LogP contribution in [0.25, 0.3) is 0 Å². The standard InChI is InChI=1S/C16H17BrN2O/c1-9(2)14-13(17)16(20)19-15(18-14)12-8-7-10-5-3-4-6-11(10)12/h3-6,9,12H,7-8H2,1-2H3,(H,18,19,20). The molecule has 4 heteroatoms. The maximum atomic E-state index is 12.1. The Bertz CT molecular complexity index is 706. The summed E-state index contributed by atoms with van der Waals surface area (Å²) in [5.74, 6) is 1.23.